The third kappa shape index (κ3) is 4.82. The van der Waals surface area contributed by atoms with E-state index < -0.39 is 0 Å². The molecule has 1 amide bonds. The number of aromatic nitrogens is 2. The predicted molar refractivity (Wildman–Crippen MR) is 128 cm³/mol. The van der Waals surface area contributed by atoms with E-state index in [1.165, 1.54) is 22.2 Å². The molecule has 0 aliphatic heterocycles. The maximum atomic E-state index is 13.3. The van der Waals surface area contributed by atoms with Gasteiger partial charge in [0.15, 0.2) is 5.16 Å². The molecule has 164 valence electrons. The van der Waals surface area contributed by atoms with Gasteiger partial charge in [0.2, 0.25) is 5.91 Å². The molecule has 1 aliphatic rings. The number of ether oxygens (including phenoxy) is 1. The lowest BCUT2D eigenvalue weighted by molar-refractivity contribution is -0.113. The molecule has 0 spiro atoms. The number of methoxy groups -OCH3 is 1. The molecule has 1 aliphatic carbocycles. The molecular weight excluding hydrogens is 454 g/mol. The number of carbonyl (C=O) groups excluding carboxylic acids is 1. The lowest BCUT2D eigenvalue weighted by Gasteiger charge is -2.13. The second kappa shape index (κ2) is 9.73. The number of thioether (sulfide) groups is 1. The molecule has 0 saturated heterocycles. The van der Waals surface area contributed by atoms with Gasteiger partial charge in [-0.2, -0.15) is 0 Å². The second-order valence-corrected chi connectivity index (χ2v) is 9.99. The average Bonchev–Trinajstić information content (AvgIpc) is 3.12. The first-order chi connectivity index (χ1) is 15.0. The summed E-state index contributed by atoms with van der Waals surface area (Å²) >= 11 is 9.09. The molecule has 0 atom stereocenters. The number of hydrogen-bond donors (Lipinski definition) is 1. The summed E-state index contributed by atoms with van der Waals surface area (Å²) in [5, 5.41) is 4.62. The fourth-order valence-electron chi connectivity index (χ4n) is 3.75. The first-order valence-electron chi connectivity index (χ1n) is 10.2. The average molecular weight is 478 g/mol. The van der Waals surface area contributed by atoms with Crippen LogP contribution in [-0.2, 0) is 28.9 Å². The fourth-order valence-corrected chi connectivity index (χ4v) is 6.16. The zero-order valence-electron chi connectivity index (χ0n) is 17.5. The molecule has 6 nitrogen and oxygen atoms in total. The number of hydrogen-bond acceptors (Lipinski definition) is 6. The van der Waals surface area contributed by atoms with Gasteiger partial charge in [-0.3, -0.25) is 14.2 Å². The normalized spacial score (nSPS) is 13.4. The van der Waals surface area contributed by atoms with E-state index >= 15 is 0 Å². The number of thiophene rings is 1. The Bertz CT molecular complexity index is 1190. The van der Waals surface area contributed by atoms with E-state index in [4.69, 9.17) is 21.3 Å². The number of carbonyl (C=O) groups is 1. The van der Waals surface area contributed by atoms with Crippen molar-refractivity contribution < 1.29 is 9.53 Å². The largest absolute Gasteiger partial charge is 0.383 e. The van der Waals surface area contributed by atoms with Gasteiger partial charge >= 0.3 is 0 Å². The molecule has 0 unspecified atom stereocenters. The van der Waals surface area contributed by atoms with Gasteiger partial charge < -0.3 is 10.1 Å². The van der Waals surface area contributed by atoms with Crippen LogP contribution in [0.1, 0.15) is 28.8 Å². The highest BCUT2D eigenvalue weighted by Gasteiger charge is 2.22. The highest BCUT2D eigenvalue weighted by Crippen LogP contribution is 2.34. The summed E-state index contributed by atoms with van der Waals surface area (Å²) in [4.78, 5) is 32.7. The number of rotatable bonds is 7. The highest BCUT2D eigenvalue weighted by molar-refractivity contribution is 7.99. The quantitative estimate of drug-likeness (QED) is 0.395. The number of amides is 1. The molecule has 0 fully saturated rings. The van der Waals surface area contributed by atoms with Gasteiger partial charge in [-0.25, -0.2) is 4.98 Å². The molecule has 0 saturated carbocycles. The highest BCUT2D eigenvalue weighted by atomic mass is 35.5. The van der Waals surface area contributed by atoms with Crippen molar-refractivity contribution in [2.45, 2.75) is 44.3 Å². The van der Waals surface area contributed by atoms with Gasteiger partial charge in [-0.1, -0.05) is 29.4 Å². The number of nitrogens with one attached hydrogen (secondary N) is 1. The third-order valence-electron chi connectivity index (χ3n) is 5.29. The van der Waals surface area contributed by atoms with E-state index in [1.807, 2.05) is 13.0 Å². The molecule has 1 N–H and O–H groups in total. The molecule has 2 aromatic heterocycles. The maximum Gasteiger partial charge on any atom is 0.263 e. The molecule has 2 heterocycles. The molecule has 4 rings (SSSR count). The fraction of sp³-hybridized carbons (Fsp3) is 0.409. The lowest BCUT2D eigenvalue weighted by Crippen LogP contribution is -2.26. The van der Waals surface area contributed by atoms with Crippen LogP contribution in [0.2, 0.25) is 5.02 Å². The molecule has 3 aromatic rings. The monoisotopic (exact) mass is 477 g/mol. The summed E-state index contributed by atoms with van der Waals surface area (Å²) < 4.78 is 6.84. The zero-order chi connectivity index (χ0) is 22.0. The number of halogens is 1. The predicted octanol–water partition coefficient (Wildman–Crippen LogP) is 4.68. The number of nitrogens with zero attached hydrogens (tertiary/aromatic N) is 2. The summed E-state index contributed by atoms with van der Waals surface area (Å²) in [6.45, 7) is 2.74. The van der Waals surface area contributed by atoms with Gasteiger partial charge in [-0.05, 0) is 55.9 Å². The summed E-state index contributed by atoms with van der Waals surface area (Å²) in [5.41, 5.74) is 2.73. The summed E-state index contributed by atoms with van der Waals surface area (Å²) in [6, 6.07) is 5.49. The standard InChI is InChI=1S/C22H24ClN3O3S2/c1-13-7-8-16(15(23)11-13)24-18(27)12-30-22-25-20-19(21(28)26(22)9-10-29-2)14-5-3-4-6-17(14)31-20/h7-8,11H,3-6,9-10,12H2,1-2H3,(H,24,27). The van der Waals surface area contributed by atoms with Crippen LogP contribution in [0.5, 0.6) is 0 Å². The van der Waals surface area contributed by atoms with Gasteiger partial charge in [-0.15, -0.1) is 11.3 Å². The van der Waals surface area contributed by atoms with Crippen molar-refractivity contribution in [3.63, 3.8) is 0 Å². The SMILES string of the molecule is COCCn1c(SCC(=O)Nc2ccc(C)cc2Cl)nc2sc3c(c2c1=O)CCCC3. The van der Waals surface area contributed by atoms with Crippen LogP contribution in [0.4, 0.5) is 5.69 Å². The number of fused-ring (bicyclic) bond motifs is 3. The topological polar surface area (TPSA) is 73.2 Å². The van der Waals surface area contributed by atoms with E-state index in [0.29, 0.717) is 29.0 Å². The smallest absolute Gasteiger partial charge is 0.263 e. The summed E-state index contributed by atoms with van der Waals surface area (Å²) in [7, 11) is 1.61. The zero-order valence-corrected chi connectivity index (χ0v) is 19.9. The Morgan fingerprint density at radius 1 is 1.35 bits per heavy atom. The Kier molecular flexibility index (Phi) is 7.01. The Balaban J connectivity index is 1.59. The Labute approximate surface area is 194 Å². The molecule has 0 radical (unpaired) electrons. The minimum Gasteiger partial charge on any atom is -0.383 e. The molecule has 9 heteroatoms. The van der Waals surface area contributed by atoms with Gasteiger partial charge in [0.05, 0.1) is 35.0 Å². The second-order valence-electron chi connectivity index (χ2n) is 7.56. The van der Waals surface area contributed by atoms with Crippen molar-refractivity contribution in [3.8, 4) is 0 Å². The van der Waals surface area contributed by atoms with E-state index in [1.54, 1.807) is 35.1 Å². The van der Waals surface area contributed by atoms with Crippen LogP contribution in [-0.4, -0.2) is 34.9 Å². The number of benzene rings is 1. The van der Waals surface area contributed by atoms with Crippen molar-refractivity contribution in [2.24, 2.45) is 0 Å². The molecule has 1 aromatic carbocycles. The van der Waals surface area contributed by atoms with Crippen molar-refractivity contribution in [2.75, 3.05) is 24.8 Å². The first kappa shape index (κ1) is 22.3. The minimum absolute atomic E-state index is 0.0362. The van der Waals surface area contributed by atoms with Crippen LogP contribution < -0.4 is 10.9 Å². The molecule has 31 heavy (non-hydrogen) atoms. The summed E-state index contributed by atoms with van der Waals surface area (Å²) in [6.07, 6.45) is 4.20. The van der Waals surface area contributed by atoms with E-state index in [-0.39, 0.29) is 17.2 Å². The van der Waals surface area contributed by atoms with E-state index in [9.17, 15) is 9.59 Å². The minimum atomic E-state index is -0.200. The Morgan fingerprint density at radius 2 is 2.16 bits per heavy atom. The van der Waals surface area contributed by atoms with Crippen LogP contribution >= 0.6 is 34.7 Å². The van der Waals surface area contributed by atoms with Crippen molar-refractivity contribution in [3.05, 3.63) is 49.6 Å². The van der Waals surface area contributed by atoms with Crippen molar-refractivity contribution >= 4 is 56.5 Å². The van der Waals surface area contributed by atoms with Crippen molar-refractivity contribution in [1.82, 2.24) is 9.55 Å². The van der Waals surface area contributed by atoms with Crippen LogP contribution in [0.15, 0.2) is 28.2 Å². The molecule has 0 bridgehead atoms. The molecular formula is C22H24ClN3O3S2. The summed E-state index contributed by atoms with van der Waals surface area (Å²) in [5.74, 6) is -0.0749. The van der Waals surface area contributed by atoms with E-state index in [0.717, 1.165) is 41.5 Å². The number of anilines is 1. The first-order valence-corrected chi connectivity index (χ1v) is 12.4. The van der Waals surface area contributed by atoms with Crippen LogP contribution in [0, 0.1) is 6.92 Å². The van der Waals surface area contributed by atoms with Crippen molar-refractivity contribution in [1.29, 1.82) is 0 Å². The van der Waals surface area contributed by atoms with Crippen LogP contribution in [0.3, 0.4) is 0 Å². The number of aryl methyl sites for hydroxylation is 3. The van der Waals surface area contributed by atoms with E-state index in [2.05, 4.69) is 5.32 Å². The lowest BCUT2D eigenvalue weighted by atomic mass is 9.97. The van der Waals surface area contributed by atoms with Gasteiger partial charge in [0.25, 0.3) is 5.56 Å². The van der Waals surface area contributed by atoms with Gasteiger partial charge in [0.1, 0.15) is 4.83 Å². The Hall–Kier alpha value is -1.87. The third-order valence-corrected chi connectivity index (χ3v) is 7.76. The maximum absolute atomic E-state index is 13.3. The Morgan fingerprint density at radius 3 is 2.94 bits per heavy atom. The van der Waals surface area contributed by atoms with Gasteiger partial charge in [0, 0.05) is 12.0 Å². The van der Waals surface area contributed by atoms with Crippen LogP contribution in [0.25, 0.3) is 10.2 Å².